The third-order valence-electron chi connectivity index (χ3n) is 11.9. The summed E-state index contributed by atoms with van der Waals surface area (Å²) < 4.78 is 16.7. The van der Waals surface area contributed by atoms with E-state index in [0.717, 1.165) is 180 Å². The molecule has 0 spiro atoms. The second kappa shape index (κ2) is 62.3. The van der Waals surface area contributed by atoms with Crippen LogP contribution in [0.2, 0.25) is 0 Å². The molecule has 0 aromatic rings. The molecule has 424 valence electrons. The highest BCUT2D eigenvalue weighted by molar-refractivity contribution is 5.71. The van der Waals surface area contributed by atoms with Gasteiger partial charge in [-0.2, -0.15) is 0 Å². The van der Waals surface area contributed by atoms with Gasteiger partial charge < -0.3 is 14.2 Å². The van der Waals surface area contributed by atoms with Crippen LogP contribution >= 0.6 is 0 Å². The summed E-state index contributed by atoms with van der Waals surface area (Å²) in [7, 11) is 0. The van der Waals surface area contributed by atoms with E-state index in [0.29, 0.717) is 12.8 Å². The molecule has 0 aromatic carbocycles. The fraction of sp³-hybridized carbons (Fsp3) is 0.557. The van der Waals surface area contributed by atoms with Crippen LogP contribution in [0.4, 0.5) is 0 Å². The molecule has 0 bridgehead atoms. The highest BCUT2D eigenvalue weighted by atomic mass is 16.6. The smallest absolute Gasteiger partial charge is 0.306 e. The first-order chi connectivity index (χ1) is 37.5. The maximum absolute atomic E-state index is 12.8. The number of rotatable bonds is 52. The Morgan fingerprint density at radius 1 is 0.276 bits per heavy atom. The van der Waals surface area contributed by atoms with Gasteiger partial charge in [-0.25, -0.2) is 0 Å². The maximum atomic E-state index is 12.8. The molecule has 76 heavy (non-hydrogen) atoms. The van der Waals surface area contributed by atoms with E-state index in [1.54, 1.807) is 0 Å². The van der Waals surface area contributed by atoms with Gasteiger partial charge in [0.1, 0.15) is 13.2 Å². The second-order valence-electron chi connectivity index (χ2n) is 19.1. The number of hydrogen-bond donors (Lipinski definition) is 0. The summed E-state index contributed by atoms with van der Waals surface area (Å²) in [5.74, 6) is -0.987. The predicted octanol–water partition coefficient (Wildman–Crippen LogP) is 20.7. The average Bonchev–Trinajstić information content (AvgIpc) is 3.42. The van der Waals surface area contributed by atoms with E-state index in [9.17, 15) is 14.4 Å². The molecule has 1 atom stereocenters. The fourth-order valence-electron chi connectivity index (χ4n) is 7.48. The van der Waals surface area contributed by atoms with Gasteiger partial charge in [0.15, 0.2) is 6.10 Å². The van der Waals surface area contributed by atoms with Crippen molar-refractivity contribution in [2.45, 2.75) is 239 Å². The summed E-state index contributed by atoms with van der Waals surface area (Å²) in [6.45, 7) is 6.27. The molecule has 0 N–H and O–H groups in total. The van der Waals surface area contributed by atoms with Crippen molar-refractivity contribution in [3.8, 4) is 0 Å². The van der Waals surface area contributed by atoms with Gasteiger partial charge in [-0.1, -0.05) is 236 Å². The van der Waals surface area contributed by atoms with Crippen LogP contribution in [0.1, 0.15) is 233 Å². The minimum Gasteiger partial charge on any atom is -0.462 e. The first kappa shape index (κ1) is 70.8. The van der Waals surface area contributed by atoms with Crippen LogP contribution in [0.3, 0.4) is 0 Å². The van der Waals surface area contributed by atoms with E-state index < -0.39 is 6.10 Å². The first-order valence-corrected chi connectivity index (χ1v) is 30.1. The van der Waals surface area contributed by atoms with E-state index in [4.69, 9.17) is 14.2 Å². The number of carbonyl (C=O) groups is 3. The maximum Gasteiger partial charge on any atom is 0.306 e. The predicted molar refractivity (Wildman–Crippen MR) is 329 cm³/mol. The Hall–Kier alpha value is -5.23. The van der Waals surface area contributed by atoms with Gasteiger partial charge in [0.2, 0.25) is 0 Å². The van der Waals surface area contributed by atoms with Gasteiger partial charge in [0.25, 0.3) is 0 Å². The van der Waals surface area contributed by atoms with Crippen LogP contribution in [-0.2, 0) is 28.6 Å². The largest absolute Gasteiger partial charge is 0.462 e. The summed E-state index contributed by atoms with van der Waals surface area (Å²) >= 11 is 0. The van der Waals surface area contributed by atoms with E-state index in [2.05, 4.69) is 191 Å². The standard InChI is InChI=1S/C70H108O6/c1-4-7-10-13-16-19-22-24-25-26-27-28-29-30-31-32-33-34-35-36-37-38-39-40-41-42-43-44-45-47-48-51-54-57-60-63-69(72)75-66-67(65-74-68(71)62-59-56-53-50-21-18-15-12-9-6-3)76-70(73)64-61-58-55-52-49-46-23-20-17-14-11-8-5-2/h7-8,10-12,15-17,19-20,24-25,27-28,30-31,33-34,36-37,39-40,42-43,45-47,49,67H,4-6,9,13-14,18,21-23,26,29,32,35,38,41,44,48,50-66H2,1-3H3/b10-7-,11-8-,15-12-,19-16-,20-17-,25-24-,28-27-,31-30-,34-33-,37-36-,40-39-,43-42-,47-45-,49-46-. The van der Waals surface area contributed by atoms with Gasteiger partial charge in [0.05, 0.1) is 0 Å². The number of hydrogen-bond acceptors (Lipinski definition) is 6. The van der Waals surface area contributed by atoms with Crippen molar-refractivity contribution in [1.29, 1.82) is 0 Å². The molecular formula is C70H108O6. The van der Waals surface area contributed by atoms with Crippen LogP contribution in [0.15, 0.2) is 170 Å². The van der Waals surface area contributed by atoms with Gasteiger partial charge in [-0.15, -0.1) is 0 Å². The highest BCUT2D eigenvalue weighted by Gasteiger charge is 2.19. The SMILES string of the molecule is CC/C=C\C/C=C\C/C=C\C/C=C\C/C=C\C/C=C\C/C=C\C/C=C\C/C=C\C/C=C\CCCCCCC(=O)OCC(COC(=O)CCCCCCC/C=C\CCC)OC(=O)CCCCC/C=C\C/C=C\C/C=C\CC. The minimum atomic E-state index is -0.814. The van der Waals surface area contributed by atoms with E-state index >= 15 is 0 Å². The Labute approximate surface area is 466 Å². The Morgan fingerprint density at radius 3 is 0.829 bits per heavy atom. The molecule has 0 aliphatic carbocycles. The lowest BCUT2D eigenvalue weighted by atomic mass is 10.1. The number of unbranched alkanes of at least 4 members (excludes halogenated alkanes) is 13. The monoisotopic (exact) mass is 1040 g/mol. The molecule has 6 heteroatoms. The quantitative estimate of drug-likeness (QED) is 0.0261. The Kier molecular flexibility index (Phi) is 58.0. The molecule has 0 amide bonds. The Morgan fingerprint density at radius 2 is 0.513 bits per heavy atom. The van der Waals surface area contributed by atoms with Crippen LogP contribution in [-0.4, -0.2) is 37.2 Å². The van der Waals surface area contributed by atoms with Crippen molar-refractivity contribution in [2.24, 2.45) is 0 Å². The highest BCUT2D eigenvalue weighted by Crippen LogP contribution is 2.12. The summed E-state index contributed by atoms with van der Waals surface area (Å²) in [4.78, 5) is 38.0. The molecule has 0 saturated carbocycles. The van der Waals surface area contributed by atoms with Crippen LogP contribution in [0, 0.1) is 0 Å². The van der Waals surface area contributed by atoms with Crippen molar-refractivity contribution in [1.82, 2.24) is 0 Å². The second-order valence-corrected chi connectivity index (χ2v) is 19.1. The molecule has 6 nitrogen and oxygen atoms in total. The number of ether oxygens (including phenoxy) is 3. The third kappa shape index (κ3) is 59.6. The van der Waals surface area contributed by atoms with Crippen molar-refractivity contribution >= 4 is 17.9 Å². The van der Waals surface area contributed by atoms with Crippen molar-refractivity contribution in [2.75, 3.05) is 13.2 Å². The van der Waals surface area contributed by atoms with Crippen molar-refractivity contribution in [3.63, 3.8) is 0 Å². The normalized spacial score (nSPS) is 13.4. The molecule has 0 fully saturated rings. The molecule has 0 aromatic heterocycles. The lowest BCUT2D eigenvalue weighted by molar-refractivity contribution is -0.167. The van der Waals surface area contributed by atoms with Gasteiger partial charge >= 0.3 is 17.9 Å². The first-order valence-electron chi connectivity index (χ1n) is 30.1. The van der Waals surface area contributed by atoms with Crippen LogP contribution < -0.4 is 0 Å². The molecular weight excluding hydrogens is 937 g/mol. The van der Waals surface area contributed by atoms with Gasteiger partial charge in [-0.3, -0.25) is 14.4 Å². The summed E-state index contributed by atoms with van der Waals surface area (Å²) in [5, 5.41) is 0. The van der Waals surface area contributed by atoms with Crippen molar-refractivity contribution < 1.29 is 28.6 Å². The molecule has 1 unspecified atom stereocenters. The minimum absolute atomic E-state index is 0.110. The fourth-order valence-corrected chi connectivity index (χ4v) is 7.48. The zero-order valence-electron chi connectivity index (χ0n) is 48.4. The number of allylic oxidation sites excluding steroid dienone is 28. The molecule has 0 aliphatic rings. The lowest BCUT2D eigenvalue weighted by Gasteiger charge is -2.18. The molecule has 0 saturated heterocycles. The van der Waals surface area contributed by atoms with E-state index in [1.165, 1.54) is 12.8 Å². The van der Waals surface area contributed by atoms with E-state index in [1.807, 2.05) is 0 Å². The van der Waals surface area contributed by atoms with Gasteiger partial charge in [0, 0.05) is 19.3 Å². The summed E-state index contributed by atoms with van der Waals surface area (Å²) in [5.41, 5.74) is 0. The van der Waals surface area contributed by atoms with Crippen molar-refractivity contribution in [3.05, 3.63) is 170 Å². The van der Waals surface area contributed by atoms with Crippen LogP contribution in [0.25, 0.3) is 0 Å². The summed E-state index contributed by atoms with van der Waals surface area (Å²) in [6, 6.07) is 0. The molecule has 0 aliphatic heterocycles. The summed E-state index contributed by atoms with van der Waals surface area (Å²) in [6.07, 6.45) is 92.3. The van der Waals surface area contributed by atoms with Gasteiger partial charge in [-0.05, 0) is 148 Å². The number of esters is 3. The van der Waals surface area contributed by atoms with Crippen LogP contribution in [0.5, 0.6) is 0 Å². The topological polar surface area (TPSA) is 78.9 Å². The Bertz CT molecular complexity index is 1770. The molecule has 0 radical (unpaired) electrons. The zero-order valence-corrected chi connectivity index (χ0v) is 48.4. The molecule has 0 heterocycles. The van der Waals surface area contributed by atoms with E-state index in [-0.39, 0.29) is 37.5 Å². The average molecular weight is 1050 g/mol. The lowest BCUT2D eigenvalue weighted by Crippen LogP contribution is -2.30. The zero-order chi connectivity index (χ0) is 55.0. The Balaban J connectivity index is 4.28. The molecule has 0 rings (SSSR count). The number of carbonyl (C=O) groups excluding carboxylic acids is 3. The third-order valence-corrected chi connectivity index (χ3v) is 11.9.